The maximum absolute atomic E-state index is 2.53. The maximum atomic E-state index is 2.53. The number of anilines is 4. The highest BCUT2D eigenvalue weighted by atomic mass is 15.4. The fraction of sp³-hybridized carbons (Fsp3) is 0.167. The van der Waals surface area contributed by atoms with Gasteiger partial charge in [0, 0.05) is 48.9 Å². The number of para-hydroxylation sites is 4. The molecule has 5 aromatic carbocycles. The third-order valence-electron chi connectivity index (χ3n) is 8.23. The van der Waals surface area contributed by atoms with Gasteiger partial charge in [-0.05, 0) is 59.7 Å². The Hall–Kier alpha value is -4.70. The standard InChI is InChI=1S/C36H34N4/c1-5-13-31(14-6-1)37-25-26-38(32-15-7-2-8-16-32)35(37)29-21-23-30(24-22-29)36-39(33-17-9-3-10-18-33)27-28-40(36)34-19-11-4-12-20-34/h1-24,35-36H,25-28H2. The van der Waals surface area contributed by atoms with Crippen molar-refractivity contribution in [2.75, 3.05) is 45.8 Å². The Morgan fingerprint density at radius 1 is 0.300 bits per heavy atom. The molecule has 7 rings (SSSR count). The molecule has 0 aliphatic carbocycles. The topological polar surface area (TPSA) is 13.0 Å². The molecule has 0 saturated carbocycles. The van der Waals surface area contributed by atoms with Gasteiger partial charge >= 0.3 is 0 Å². The molecule has 2 fully saturated rings. The van der Waals surface area contributed by atoms with Gasteiger partial charge in [0.15, 0.2) is 0 Å². The summed E-state index contributed by atoms with van der Waals surface area (Å²) in [6, 6.07) is 52.7. The lowest BCUT2D eigenvalue weighted by Crippen LogP contribution is -2.32. The quantitative estimate of drug-likeness (QED) is 0.226. The van der Waals surface area contributed by atoms with Crippen LogP contribution in [0.2, 0.25) is 0 Å². The molecule has 0 amide bonds. The van der Waals surface area contributed by atoms with E-state index in [0.29, 0.717) is 0 Å². The fourth-order valence-electron chi connectivity index (χ4n) is 6.38. The van der Waals surface area contributed by atoms with Gasteiger partial charge in [-0.1, -0.05) is 97.1 Å². The highest BCUT2D eigenvalue weighted by molar-refractivity contribution is 5.61. The zero-order chi connectivity index (χ0) is 26.7. The Balaban J connectivity index is 1.26. The number of hydrogen-bond donors (Lipinski definition) is 0. The monoisotopic (exact) mass is 522 g/mol. The van der Waals surface area contributed by atoms with Crippen molar-refractivity contribution >= 4 is 22.7 Å². The van der Waals surface area contributed by atoms with Crippen molar-refractivity contribution in [2.24, 2.45) is 0 Å². The van der Waals surface area contributed by atoms with Crippen molar-refractivity contribution in [3.63, 3.8) is 0 Å². The van der Waals surface area contributed by atoms with Crippen LogP contribution in [-0.4, -0.2) is 26.2 Å². The Kier molecular flexibility index (Phi) is 6.58. The molecule has 0 atom stereocenters. The first kappa shape index (κ1) is 24.3. The molecule has 2 saturated heterocycles. The van der Waals surface area contributed by atoms with Crippen molar-refractivity contribution in [1.82, 2.24) is 0 Å². The third kappa shape index (κ3) is 4.56. The van der Waals surface area contributed by atoms with E-state index in [4.69, 9.17) is 0 Å². The molecular formula is C36H34N4. The van der Waals surface area contributed by atoms with Gasteiger partial charge in [0.25, 0.3) is 0 Å². The minimum atomic E-state index is 0.137. The molecule has 0 bridgehead atoms. The second-order valence-electron chi connectivity index (χ2n) is 10.5. The zero-order valence-corrected chi connectivity index (χ0v) is 22.6. The van der Waals surface area contributed by atoms with Crippen LogP contribution in [-0.2, 0) is 0 Å². The van der Waals surface area contributed by atoms with Gasteiger partial charge in [-0.15, -0.1) is 0 Å². The van der Waals surface area contributed by atoms with E-state index in [9.17, 15) is 0 Å². The van der Waals surface area contributed by atoms with E-state index in [-0.39, 0.29) is 12.3 Å². The molecule has 2 aliphatic rings. The summed E-state index contributed by atoms with van der Waals surface area (Å²) in [6.45, 7) is 3.93. The van der Waals surface area contributed by atoms with Gasteiger partial charge in [-0.25, -0.2) is 0 Å². The van der Waals surface area contributed by atoms with Gasteiger partial charge in [0.05, 0.1) is 0 Å². The average Bonchev–Trinajstić information content (AvgIpc) is 3.69. The number of rotatable bonds is 6. The van der Waals surface area contributed by atoms with Crippen LogP contribution in [0.25, 0.3) is 0 Å². The molecule has 198 valence electrons. The minimum absolute atomic E-state index is 0.137. The SMILES string of the molecule is c1ccc(N2CCN(c3ccccc3)C2c2ccc(C3N(c4ccccc4)CCN3c3ccccc3)cc2)cc1. The van der Waals surface area contributed by atoms with Gasteiger partial charge in [-0.2, -0.15) is 0 Å². The normalized spacial score (nSPS) is 16.2. The molecule has 2 aliphatic heterocycles. The first-order valence-corrected chi connectivity index (χ1v) is 14.2. The number of nitrogens with zero attached hydrogens (tertiary/aromatic N) is 4. The number of benzene rings is 5. The summed E-state index contributed by atoms with van der Waals surface area (Å²) >= 11 is 0. The van der Waals surface area contributed by atoms with Crippen LogP contribution < -0.4 is 19.6 Å². The van der Waals surface area contributed by atoms with Crippen molar-refractivity contribution in [3.05, 3.63) is 157 Å². The minimum Gasteiger partial charge on any atom is -0.346 e. The van der Waals surface area contributed by atoms with Crippen molar-refractivity contribution < 1.29 is 0 Å². The molecule has 4 heteroatoms. The molecule has 0 unspecified atom stereocenters. The first-order valence-electron chi connectivity index (χ1n) is 14.2. The smallest absolute Gasteiger partial charge is 0.128 e. The van der Waals surface area contributed by atoms with E-state index < -0.39 is 0 Å². The highest BCUT2D eigenvalue weighted by Gasteiger charge is 2.36. The Morgan fingerprint density at radius 2 is 0.525 bits per heavy atom. The molecule has 0 spiro atoms. The lowest BCUT2D eigenvalue weighted by Gasteiger charge is -2.35. The van der Waals surface area contributed by atoms with Gasteiger partial charge in [-0.3, -0.25) is 0 Å². The van der Waals surface area contributed by atoms with Crippen molar-refractivity contribution in [2.45, 2.75) is 12.3 Å². The van der Waals surface area contributed by atoms with E-state index in [0.717, 1.165) is 26.2 Å². The van der Waals surface area contributed by atoms with Crippen LogP contribution in [0, 0.1) is 0 Å². The van der Waals surface area contributed by atoms with Gasteiger partial charge in [0.1, 0.15) is 12.3 Å². The van der Waals surface area contributed by atoms with Crippen LogP contribution in [0.3, 0.4) is 0 Å². The Morgan fingerprint density at radius 3 is 0.750 bits per heavy atom. The molecule has 40 heavy (non-hydrogen) atoms. The zero-order valence-electron chi connectivity index (χ0n) is 22.6. The van der Waals surface area contributed by atoms with E-state index in [1.54, 1.807) is 0 Å². The highest BCUT2D eigenvalue weighted by Crippen LogP contribution is 2.40. The van der Waals surface area contributed by atoms with Crippen LogP contribution in [0.1, 0.15) is 23.5 Å². The molecule has 0 radical (unpaired) electrons. The molecular weight excluding hydrogens is 488 g/mol. The van der Waals surface area contributed by atoms with E-state index >= 15 is 0 Å². The molecule has 2 heterocycles. The van der Waals surface area contributed by atoms with Gasteiger partial charge in [0.2, 0.25) is 0 Å². The van der Waals surface area contributed by atoms with Gasteiger partial charge < -0.3 is 19.6 Å². The second kappa shape index (κ2) is 10.8. The lowest BCUT2D eigenvalue weighted by molar-refractivity contribution is 0.704. The van der Waals surface area contributed by atoms with Crippen molar-refractivity contribution in [1.29, 1.82) is 0 Å². The Labute approximate surface area is 237 Å². The summed E-state index contributed by atoms with van der Waals surface area (Å²) in [4.78, 5) is 10.1. The van der Waals surface area contributed by atoms with Crippen LogP contribution in [0.15, 0.2) is 146 Å². The van der Waals surface area contributed by atoms with E-state index in [1.165, 1.54) is 33.9 Å². The summed E-state index contributed by atoms with van der Waals surface area (Å²) in [5, 5.41) is 0. The predicted molar refractivity (Wildman–Crippen MR) is 167 cm³/mol. The molecule has 0 N–H and O–H groups in total. The predicted octanol–water partition coefficient (Wildman–Crippen LogP) is 7.74. The molecule has 4 nitrogen and oxygen atoms in total. The lowest BCUT2D eigenvalue weighted by atomic mass is 10.0. The average molecular weight is 523 g/mol. The third-order valence-corrected chi connectivity index (χ3v) is 8.23. The summed E-state index contributed by atoms with van der Waals surface area (Å²) in [5.41, 5.74) is 7.66. The maximum Gasteiger partial charge on any atom is 0.128 e. The van der Waals surface area contributed by atoms with E-state index in [1.807, 2.05) is 0 Å². The van der Waals surface area contributed by atoms with Crippen LogP contribution in [0.4, 0.5) is 22.7 Å². The first-order chi connectivity index (χ1) is 19.9. The Bertz CT molecular complexity index is 1290. The van der Waals surface area contributed by atoms with Crippen LogP contribution >= 0.6 is 0 Å². The van der Waals surface area contributed by atoms with Crippen molar-refractivity contribution in [3.8, 4) is 0 Å². The summed E-state index contributed by atoms with van der Waals surface area (Å²) < 4.78 is 0. The largest absolute Gasteiger partial charge is 0.346 e. The summed E-state index contributed by atoms with van der Waals surface area (Å²) in [5.74, 6) is 0. The van der Waals surface area contributed by atoms with Crippen LogP contribution in [0.5, 0.6) is 0 Å². The summed E-state index contributed by atoms with van der Waals surface area (Å²) in [6.07, 6.45) is 0.274. The van der Waals surface area contributed by atoms with E-state index in [2.05, 4.69) is 165 Å². The second-order valence-corrected chi connectivity index (χ2v) is 10.5. The molecule has 0 aromatic heterocycles. The number of hydrogen-bond acceptors (Lipinski definition) is 4. The molecule has 5 aromatic rings. The summed E-state index contributed by atoms with van der Waals surface area (Å²) in [7, 11) is 0. The fourth-order valence-corrected chi connectivity index (χ4v) is 6.38.